The van der Waals surface area contributed by atoms with Gasteiger partial charge in [0.15, 0.2) is 21.9 Å². The molecule has 2 rings (SSSR count). The monoisotopic (exact) mass is 293 g/mol. The number of halogens is 5. The maximum absolute atomic E-state index is 13.4. The Morgan fingerprint density at radius 2 is 1.50 bits per heavy atom. The van der Waals surface area contributed by atoms with Crippen molar-refractivity contribution in [2.75, 3.05) is 5.32 Å². The van der Waals surface area contributed by atoms with Crippen molar-refractivity contribution < 1.29 is 13.2 Å². The van der Waals surface area contributed by atoms with E-state index in [9.17, 15) is 13.2 Å². The highest BCUT2D eigenvalue weighted by Crippen LogP contribution is 2.27. The second-order valence-electron chi connectivity index (χ2n) is 3.24. The maximum Gasteiger partial charge on any atom is 0.175 e. The van der Waals surface area contributed by atoms with E-state index in [4.69, 9.17) is 23.2 Å². The number of anilines is 2. The molecule has 0 aliphatic carbocycles. The van der Waals surface area contributed by atoms with E-state index in [2.05, 4.69) is 15.5 Å². The summed E-state index contributed by atoms with van der Waals surface area (Å²) in [4.78, 5) is 0. The number of aromatic nitrogens is 2. The molecule has 0 saturated heterocycles. The Balaban J connectivity index is 2.40. The Kier molecular flexibility index (Phi) is 3.58. The Bertz CT molecular complexity index is 607. The molecule has 0 saturated carbocycles. The van der Waals surface area contributed by atoms with Crippen molar-refractivity contribution in [3.63, 3.8) is 0 Å². The van der Waals surface area contributed by atoms with Gasteiger partial charge in [0.2, 0.25) is 0 Å². The molecule has 0 atom stereocenters. The Morgan fingerprint density at radius 1 is 0.833 bits per heavy atom. The van der Waals surface area contributed by atoms with E-state index in [-0.39, 0.29) is 21.7 Å². The van der Waals surface area contributed by atoms with Crippen molar-refractivity contribution in [3.8, 4) is 0 Å². The molecule has 0 fully saturated rings. The molecule has 0 amide bonds. The van der Waals surface area contributed by atoms with Crippen molar-refractivity contribution in [2.45, 2.75) is 0 Å². The summed E-state index contributed by atoms with van der Waals surface area (Å²) in [5.74, 6) is -3.45. The first kappa shape index (κ1) is 12.9. The summed E-state index contributed by atoms with van der Waals surface area (Å²) in [6.07, 6.45) is 0. The summed E-state index contributed by atoms with van der Waals surface area (Å²) in [6.45, 7) is 0. The van der Waals surface area contributed by atoms with Gasteiger partial charge in [-0.1, -0.05) is 23.2 Å². The molecule has 1 N–H and O–H groups in total. The molecule has 8 heteroatoms. The number of nitrogens with zero attached hydrogens (tertiary/aromatic N) is 2. The van der Waals surface area contributed by atoms with E-state index < -0.39 is 17.5 Å². The summed E-state index contributed by atoms with van der Waals surface area (Å²) in [6, 6.07) is 2.36. The molecular weight excluding hydrogens is 290 g/mol. The lowest BCUT2D eigenvalue weighted by Gasteiger charge is -2.09. The van der Waals surface area contributed by atoms with Crippen LogP contribution in [0.4, 0.5) is 24.5 Å². The molecule has 1 heterocycles. The molecule has 0 radical (unpaired) electrons. The first-order valence-electron chi connectivity index (χ1n) is 4.57. The first-order chi connectivity index (χ1) is 8.47. The Labute approximate surface area is 110 Å². The van der Waals surface area contributed by atoms with Crippen molar-refractivity contribution in [1.82, 2.24) is 10.2 Å². The molecule has 0 bridgehead atoms. The summed E-state index contributed by atoms with van der Waals surface area (Å²) >= 11 is 11.3. The number of nitrogens with one attached hydrogen (secondary N) is 1. The van der Waals surface area contributed by atoms with Crippen LogP contribution >= 0.6 is 23.2 Å². The van der Waals surface area contributed by atoms with Crippen molar-refractivity contribution >= 4 is 34.6 Å². The fraction of sp³-hybridized carbons (Fsp3) is 0. The van der Waals surface area contributed by atoms with E-state index in [1.807, 2.05) is 0 Å². The summed E-state index contributed by atoms with van der Waals surface area (Å²) < 4.78 is 39.1. The molecule has 0 aliphatic rings. The summed E-state index contributed by atoms with van der Waals surface area (Å²) in [7, 11) is 0. The van der Waals surface area contributed by atoms with E-state index in [1.54, 1.807) is 0 Å². The lowest BCUT2D eigenvalue weighted by Crippen LogP contribution is -1.99. The topological polar surface area (TPSA) is 37.8 Å². The van der Waals surface area contributed by atoms with E-state index >= 15 is 0 Å². The highest BCUT2D eigenvalue weighted by Gasteiger charge is 2.12. The molecule has 18 heavy (non-hydrogen) atoms. The Hall–Kier alpha value is -1.53. The van der Waals surface area contributed by atoms with Crippen LogP contribution in [0, 0.1) is 17.5 Å². The van der Waals surface area contributed by atoms with E-state index in [0.717, 1.165) is 0 Å². The SMILES string of the molecule is Fc1cc(F)c(Nc2cc(Cl)nnc2Cl)cc1F. The lowest BCUT2D eigenvalue weighted by atomic mass is 10.2. The normalized spacial score (nSPS) is 10.5. The number of hydrogen-bond donors (Lipinski definition) is 1. The number of benzene rings is 1. The van der Waals surface area contributed by atoms with Crippen molar-refractivity contribution in [2.24, 2.45) is 0 Å². The largest absolute Gasteiger partial charge is 0.350 e. The average molecular weight is 294 g/mol. The van der Waals surface area contributed by atoms with Crippen LogP contribution in [0.1, 0.15) is 0 Å². The highest BCUT2D eigenvalue weighted by atomic mass is 35.5. The molecule has 0 unspecified atom stereocenters. The second-order valence-corrected chi connectivity index (χ2v) is 3.99. The van der Waals surface area contributed by atoms with Gasteiger partial charge in [-0.05, 0) is 0 Å². The van der Waals surface area contributed by atoms with Gasteiger partial charge in [-0.25, -0.2) is 13.2 Å². The van der Waals surface area contributed by atoms with Crippen LogP contribution in [0.3, 0.4) is 0 Å². The van der Waals surface area contributed by atoms with E-state index in [1.165, 1.54) is 6.07 Å². The second kappa shape index (κ2) is 4.99. The third kappa shape index (κ3) is 2.65. The van der Waals surface area contributed by atoms with Gasteiger partial charge in [-0.3, -0.25) is 0 Å². The zero-order valence-corrected chi connectivity index (χ0v) is 10.0. The molecule has 94 valence electrons. The van der Waals surface area contributed by atoms with Gasteiger partial charge >= 0.3 is 0 Å². The predicted molar refractivity (Wildman–Crippen MR) is 61.7 cm³/mol. The van der Waals surface area contributed by atoms with Crippen LogP contribution < -0.4 is 5.32 Å². The minimum absolute atomic E-state index is 0.0184. The van der Waals surface area contributed by atoms with Crippen molar-refractivity contribution in [3.05, 3.63) is 46.0 Å². The molecule has 2 aromatic rings. The van der Waals surface area contributed by atoms with Crippen LogP contribution in [0.25, 0.3) is 0 Å². The standard InChI is InChI=1S/C10H4Cl2F3N3/c11-9-3-8(10(12)18-17-9)16-7-2-5(14)4(13)1-6(7)15/h1-3H,(H,16,17). The molecule has 0 aliphatic heterocycles. The van der Waals surface area contributed by atoms with Crippen molar-refractivity contribution in [1.29, 1.82) is 0 Å². The minimum Gasteiger partial charge on any atom is -0.350 e. The van der Waals surface area contributed by atoms with Gasteiger partial charge in [0, 0.05) is 18.2 Å². The molecule has 3 nitrogen and oxygen atoms in total. The third-order valence-electron chi connectivity index (χ3n) is 2.00. The number of rotatable bonds is 2. The minimum atomic E-state index is -1.28. The summed E-state index contributed by atoms with van der Waals surface area (Å²) in [5, 5.41) is 9.31. The van der Waals surface area contributed by atoms with Gasteiger partial charge in [-0.15, -0.1) is 10.2 Å². The van der Waals surface area contributed by atoms with Crippen LogP contribution in [0.2, 0.25) is 10.3 Å². The van der Waals surface area contributed by atoms with Crippen LogP contribution in [-0.2, 0) is 0 Å². The summed E-state index contributed by atoms with van der Waals surface area (Å²) in [5.41, 5.74) is -0.165. The molecule has 0 spiro atoms. The zero-order valence-electron chi connectivity index (χ0n) is 8.52. The zero-order chi connectivity index (χ0) is 13.3. The molecular formula is C10H4Cl2F3N3. The van der Waals surface area contributed by atoms with Gasteiger partial charge in [-0.2, -0.15) is 0 Å². The van der Waals surface area contributed by atoms with Crippen LogP contribution in [0.5, 0.6) is 0 Å². The predicted octanol–water partition coefficient (Wildman–Crippen LogP) is 3.94. The fourth-order valence-corrected chi connectivity index (χ4v) is 1.49. The number of hydrogen-bond acceptors (Lipinski definition) is 3. The quantitative estimate of drug-likeness (QED) is 0.852. The first-order valence-corrected chi connectivity index (χ1v) is 5.33. The fourth-order valence-electron chi connectivity index (χ4n) is 1.20. The van der Waals surface area contributed by atoms with Crippen LogP contribution in [-0.4, -0.2) is 10.2 Å². The van der Waals surface area contributed by atoms with Gasteiger partial charge in [0.25, 0.3) is 0 Å². The van der Waals surface area contributed by atoms with Crippen LogP contribution in [0.15, 0.2) is 18.2 Å². The average Bonchev–Trinajstić information content (AvgIpc) is 2.30. The highest BCUT2D eigenvalue weighted by molar-refractivity contribution is 6.33. The van der Waals surface area contributed by atoms with Gasteiger partial charge in [0.05, 0.1) is 11.4 Å². The molecule has 1 aromatic heterocycles. The van der Waals surface area contributed by atoms with E-state index in [0.29, 0.717) is 12.1 Å². The lowest BCUT2D eigenvalue weighted by molar-refractivity contribution is 0.496. The maximum atomic E-state index is 13.4. The third-order valence-corrected chi connectivity index (χ3v) is 2.46. The van der Waals surface area contributed by atoms with Gasteiger partial charge in [0.1, 0.15) is 5.82 Å². The Morgan fingerprint density at radius 3 is 2.22 bits per heavy atom. The smallest absolute Gasteiger partial charge is 0.175 e. The van der Waals surface area contributed by atoms with Gasteiger partial charge < -0.3 is 5.32 Å². The molecule has 1 aromatic carbocycles.